The minimum atomic E-state index is -0.520. The van der Waals surface area contributed by atoms with Gasteiger partial charge < -0.3 is 24.8 Å². The summed E-state index contributed by atoms with van der Waals surface area (Å²) in [6.07, 6.45) is 0. The Bertz CT molecular complexity index is 731. The van der Waals surface area contributed by atoms with Crippen LogP contribution in [0.4, 0.5) is 4.79 Å². The molecule has 1 aliphatic heterocycles. The second-order valence-electron chi connectivity index (χ2n) is 4.91. The van der Waals surface area contributed by atoms with Crippen molar-refractivity contribution in [2.24, 2.45) is 0 Å². The molecular formula is C16H17BrN2O6. The summed E-state index contributed by atoms with van der Waals surface area (Å²) in [6.45, 7) is 1.94. The van der Waals surface area contributed by atoms with Gasteiger partial charge in [-0.25, -0.2) is 14.4 Å². The van der Waals surface area contributed by atoms with Crippen LogP contribution in [-0.2, 0) is 14.3 Å². The molecule has 2 N–H and O–H groups in total. The molecule has 0 fully saturated rings. The average Bonchev–Trinajstić information content (AvgIpc) is 2.60. The average molecular weight is 413 g/mol. The Kier molecular flexibility index (Phi) is 6.40. The van der Waals surface area contributed by atoms with Gasteiger partial charge in [0.15, 0.2) is 0 Å². The van der Waals surface area contributed by atoms with E-state index in [-0.39, 0.29) is 19.8 Å². The predicted molar refractivity (Wildman–Crippen MR) is 91.2 cm³/mol. The molecule has 0 saturated carbocycles. The van der Waals surface area contributed by atoms with Gasteiger partial charge in [0.25, 0.3) is 0 Å². The van der Waals surface area contributed by atoms with E-state index >= 15 is 0 Å². The number of rotatable bonds is 6. The molecule has 0 radical (unpaired) electrons. The van der Waals surface area contributed by atoms with Gasteiger partial charge in [-0.1, -0.05) is 0 Å². The molecule has 0 spiro atoms. The van der Waals surface area contributed by atoms with E-state index in [1.807, 2.05) is 0 Å². The van der Waals surface area contributed by atoms with Crippen LogP contribution < -0.4 is 15.4 Å². The first-order valence-corrected chi connectivity index (χ1v) is 8.20. The van der Waals surface area contributed by atoms with E-state index in [0.717, 1.165) is 0 Å². The minimum absolute atomic E-state index is 0.0439. The van der Waals surface area contributed by atoms with Crippen LogP contribution in [0.1, 0.15) is 17.3 Å². The maximum atomic E-state index is 12.0. The van der Waals surface area contributed by atoms with Crippen LogP contribution >= 0.6 is 15.9 Å². The van der Waals surface area contributed by atoms with E-state index in [4.69, 9.17) is 9.47 Å². The van der Waals surface area contributed by atoms with Crippen LogP contribution in [0.3, 0.4) is 0 Å². The number of hydrogen-bond acceptors (Lipinski definition) is 6. The smallest absolute Gasteiger partial charge is 0.337 e. The first-order valence-electron chi connectivity index (χ1n) is 7.41. The summed E-state index contributed by atoms with van der Waals surface area (Å²) in [5.41, 5.74) is 0.984. The molecule has 0 aliphatic carbocycles. The highest BCUT2D eigenvalue weighted by Crippen LogP contribution is 2.27. The van der Waals surface area contributed by atoms with Crippen molar-refractivity contribution in [3.05, 3.63) is 39.5 Å². The third-order valence-electron chi connectivity index (χ3n) is 3.30. The van der Waals surface area contributed by atoms with Crippen molar-refractivity contribution in [2.75, 3.05) is 26.9 Å². The lowest BCUT2D eigenvalue weighted by Crippen LogP contribution is -2.45. The molecule has 1 aromatic rings. The van der Waals surface area contributed by atoms with Crippen molar-refractivity contribution < 1.29 is 28.6 Å². The summed E-state index contributed by atoms with van der Waals surface area (Å²) in [6, 6.07) is 4.27. The molecule has 0 bridgehead atoms. The Morgan fingerprint density at radius 1 is 1.28 bits per heavy atom. The number of hydrogen-bond donors (Lipinski definition) is 2. The molecule has 0 saturated heterocycles. The maximum absolute atomic E-state index is 12.0. The van der Waals surface area contributed by atoms with Crippen molar-refractivity contribution in [2.45, 2.75) is 6.92 Å². The molecule has 0 aromatic heterocycles. The molecule has 0 atom stereocenters. The van der Waals surface area contributed by atoms with Gasteiger partial charge in [-0.05, 0) is 41.1 Å². The van der Waals surface area contributed by atoms with Crippen LogP contribution in [0, 0.1) is 0 Å². The van der Waals surface area contributed by atoms with Crippen LogP contribution in [0.2, 0.25) is 0 Å². The summed E-state index contributed by atoms with van der Waals surface area (Å²) in [5, 5.41) is 5.06. The number of amides is 2. The number of nitrogens with one attached hydrogen (secondary N) is 2. The fraction of sp³-hybridized carbons (Fsp3) is 0.312. The molecule has 8 nitrogen and oxygen atoms in total. The van der Waals surface area contributed by atoms with Crippen molar-refractivity contribution >= 4 is 33.9 Å². The number of halogens is 1. The highest BCUT2D eigenvalue weighted by Gasteiger charge is 2.24. The van der Waals surface area contributed by atoms with Gasteiger partial charge >= 0.3 is 18.0 Å². The van der Waals surface area contributed by atoms with Crippen LogP contribution in [-0.4, -0.2) is 44.8 Å². The van der Waals surface area contributed by atoms with Crippen molar-refractivity contribution in [3.63, 3.8) is 0 Å². The van der Waals surface area contributed by atoms with E-state index < -0.39 is 18.0 Å². The zero-order chi connectivity index (χ0) is 18.4. The second kappa shape index (κ2) is 8.52. The Morgan fingerprint density at radius 3 is 2.68 bits per heavy atom. The number of methoxy groups -OCH3 is 1. The number of urea groups is 1. The molecule has 1 heterocycles. The van der Waals surface area contributed by atoms with Crippen LogP contribution in [0.25, 0.3) is 0 Å². The third-order valence-corrected chi connectivity index (χ3v) is 3.92. The summed E-state index contributed by atoms with van der Waals surface area (Å²) < 4.78 is 15.8. The summed E-state index contributed by atoms with van der Waals surface area (Å²) in [7, 11) is 1.30. The molecule has 9 heteroatoms. The van der Waals surface area contributed by atoms with Gasteiger partial charge in [-0.15, -0.1) is 0 Å². The lowest BCUT2D eigenvalue weighted by molar-refractivity contribution is -0.138. The Balaban J connectivity index is 2.15. The molecule has 1 aliphatic rings. The van der Waals surface area contributed by atoms with Crippen molar-refractivity contribution in [1.82, 2.24) is 10.6 Å². The van der Waals surface area contributed by atoms with Crippen LogP contribution in [0.5, 0.6) is 5.75 Å². The second-order valence-corrected chi connectivity index (χ2v) is 5.77. The van der Waals surface area contributed by atoms with Gasteiger partial charge in [-0.3, -0.25) is 0 Å². The van der Waals surface area contributed by atoms with Crippen molar-refractivity contribution in [1.29, 1.82) is 0 Å². The fourth-order valence-corrected chi connectivity index (χ4v) is 2.57. The predicted octanol–water partition coefficient (Wildman–Crippen LogP) is 1.74. The number of esters is 2. The van der Waals surface area contributed by atoms with E-state index in [9.17, 15) is 14.4 Å². The van der Waals surface area contributed by atoms with Gasteiger partial charge in [0, 0.05) is 0 Å². The number of ether oxygens (including phenoxy) is 3. The normalized spacial score (nSPS) is 13.6. The number of carbonyl (C=O) groups excluding carboxylic acids is 3. The fourth-order valence-electron chi connectivity index (χ4n) is 2.08. The zero-order valence-corrected chi connectivity index (χ0v) is 15.3. The number of carbonyl (C=O) groups is 3. The van der Waals surface area contributed by atoms with Gasteiger partial charge in [0.2, 0.25) is 0 Å². The molecule has 1 aromatic carbocycles. The molecule has 134 valence electrons. The van der Waals surface area contributed by atoms with Crippen molar-refractivity contribution in [3.8, 4) is 5.75 Å². The van der Waals surface area contributed by atoms with E-state index in [1.54, 1.807) is 25.1 Å². The molecule has 25 heavy (non-hydrogen) atoms. The first kappa shape index (κ1) is 18.8. The van der Waals surface area contributed by atoms with Gasteiger partial charge in [0.05, 0.1) is 41.6 Å². The summed E-state index contributed by atoms with van der Waals surface area (Å²) in [5.74, 6) is -0.546. The quantitative estimate of drug-likeness (QED) is 0.689. The molecule has 2 rings (SSSR count). The lowest BCUT2D eigenvalue weighted by atomic mass is 10.1. The van der Waals surface area contributed by atoms with Crippen LogP contribution in [0.15, 0.2) is 33.9 Å². The Morgan fingerprint density at radius 2 is 2.04 bits per heavy atom. The van der Waals surface area contributed by atoms with Gasteiger partial charge in [-0.2, -0.15) is 0 Å². The minimum Gasteiger partial charge on any atom is -0.486 e. The Labute approximate surface area is 152 Å². The highest BCUT2D eigenvalue weighted by atomic mass is 79.9. The molecular weight excluding hydrogens is 396 g/mol. The van der Waals surface area contributed by atoms with E-state index in [0.29, 0.717) is 27.1 Å². The SMILES string of the molecule is CCOC(=O)C1=C(COc2ccc(C(=O)OC)cc2Br)NC(=O)NC1. The Hall–Kier alpha value is -2.55. The maximum Gasteiger partial charge on any atom is 0.337 e. The van der Waals surface area contributed by atoms with Gasteiger partial charge in [0.1, 0.15) is 12.4 Å². The monoisotopic (exact) mass is 412 g/mol. The first-order chi connectivity index (χ1) is 12.0. The lowest BCUT2D eigenvalue weighted by Gasteiger charge is -2.21. The third kappa shape index (κ3) is 4.72. The number of benzene rings is 1. The van der Waals surface area contributed by atoms with E-state index in [2.05, 4.69) is 31.3 Å². The summed E-state index contributed by atoms with van der Waals surface area (Å²) in [4.78, 5) is 35.0. The largest absolute Gasteiger partial charge is 0.486 e. The molecule has 2 amide bonds. The standard InChI is InChI=1S/C16H17BrN2O6/c1-3-24-15(21)10-7-18-16(22)19-12(10)8-25-13-5-4-9(6-11(13)17)14(20)23-2/h4-6H,3,7-8H2,1-2H3,(H2,18,19,22). The van der Waals surface area contributed by atoms with E-state index in [1.165, 1.54) is 7.11 Å². The summed E-state index contributed by atoms with van der Waals surface area (Å²) >= 11 is 3.31. The molecule has 0 unspecified atom stereocenters. The highest BCUT2D eigenvalue weighted by molar-refractivity contribution is 9.10. The zero-order valence-electron chi connectivity index (χ0n) is 13.7. The topological polar surface area (TPSA) is 103 Å².